The molecule has 0 spiro atoms. The van der Waals surface area contributed by atoms with Crippen LogP contribution in [0, 0.1) is 20.8 Å². The first-order valence-corrected chi connectivity index (χ1v) is 10.2. The number of fused-ring (bicyclic) bond motifs is 1. The summed E-state index contributed by atoms with van der Waals surface area (Å²) in [7, 11) is 1.72. The number of benzene rings is 2. The zero-order chi connectivity index (χ0) is 19.7. The predicted molar refractivity (Wildman–Crippen MR) is 115 cm³/mol. The molecule has 1 atom stereocenters. The van der Waals surface area contributed by atoms with Crippen molar-refractivity contribution in [3.63, 3.8) is 0 Å². The average molecular weight is 375 g/mol. The van der Waals surface area contributed by atoms with Crippen molar-refractivity contribution in [3.05, 3.63) is 88.2 Å². The Morgan fingerprint density at radius 1 is 0.964 bits per heavy atom. The molecule has 0 radical (unpaired) electrons. The predicted octanol–water partition coefficient (Wildman–Crippen LogP) is 5.42. The van der Waals surface area contributed by atoms with Gasteiger partial charge < -0.3 is 9.30 Å². The normalized spacial score (nSPS) is 17.2. The second kappa shape index (κ2) is 7.84. The van der Waals surface area contributed by atoms with E-state index in [-0.39, 0.29) is 6.04 Å². The molecule has 0 aliphatic carbocycles. The molecule has 4 rings (SSSR count). The number of nitrogens with zero attached hydrogens (tertiary/aromatic N) is 2. The number of ether oxygens (including phenoxy) is 1. The Kier molecular flexibility index (Phi) is 5.27. The second-order valence-electron chi connectivity index (χ2n) is 8.01. The van der Waals surface area contributed by atoms with Gasteiger partial charge >= 0.3 is 0 Å². The van der Waals surface area contributed by atoms with E-state index in [1.165, 1.54) is 33.5 Å². The van der Waals surface area contributed by atoms with Crippen LogP contribution in [0.15, 0.2) is 54.7 Å². The highest BCUT2D eigenvalue weighted by Crippen LogP contribution is 2.37. The quantitative estimate of drug-likeness (QED) is 0.607. The third-order valence-electron chi connectivity index (χ3n) is 5.91. The zero-order valence-electron chi connectivity index (χ0n) is 17.4. The molecule has 1 unspecified atom stereocenters. The highest BCUT2D eigenvalue weighted by atomic mass is 16.5. The first-order valence-electron chi connectivity index (χ1n) is 10.2. The van der Waals surface area contributed by atoms with E-state index in [0.717, 1.165) is 31.8 Å². The molecule has 2 aromatic carbocycles. The molecule has 3 nitrogen and oxygen atoms in total. The topological polar surface area (TPSA) is 17.4 Å². The van der Waals surface area contributed by atoms with E-state index < -0.39 is 0 Å². The van der Waals surface area contributed by atoms with Crippen LogP contribution in [0.25, 0.3) is 0 Å². The fourth-order valence-electron chi connectivity index (χ4n) is 4.73. The molecule has 0 fully saturated rings. The van der Waals surface area contributed by atoms with E-state index in [9.17, 15) is 0 Å². The number of hydrogen-bond acceptors (Lipinski definition) is 2. The number of methoxy groups -OCH3 is 1. The van der Waals surface area contributed by atoms with E-state index in [1.807, 2.05) is 0 Å². The van der Waals surface area contributed by atoms with Gasteiger partial charge in [0, 0.05) is 31.5 Å². The van der Waals surface area contributed by atoms with Crippen molar-refractivity contribution in [2.75, 3.05) is 13.7 Å². The summed E-state index contributed by atoms with van der Waals surface area (Å²) >= 11 is 0. The number of aromatic nitrogens is 1. The molecule has 0 saturated heterocycles. The molecule has 3 heteroatoms. The molecular weight excluding hydrogens is 344 g/mol. The first kappa shape index (κ1) is 18.8. The summed E-state index contributed by atoms with van der Waals surface area (Å²) in [4.78, 5) is 2.64. The van der Waals surface area contributed by atoms with Gasteiger partial charge in [-0.15, -0.1) is 0 Å². The van der Waals surface area contributed by atoms with Crippen LogP contribution in [0.2, 0.25) is 0 Å². The molecule has 1 aliphatic rings. The molecule has 0 saturated carbocycles. The smallest absolute Gasteiger partial charge is 0.118 e. The summed E-state index contributed by atoms with van der Waals surface area (Å²) in [5.41, 5.74) is 8.30. The fourth-order valence-corrected chi connectivity index (χ4v) is 4.73. The average Bonchev–Trinajstić information content (AvgIpc) is 3.06. The van der Waals surface area contributed by atoms with E-state index in [0.29, 0.717) is 0 Å². The van der Waals surface area contributed by atoms with Crippen molar-refractivity contribution in [1.82, 2.24) is 9.47 Å². The van der Waals surface area contributed by atoms with Gasteiger partial charge in [-0.3, -0.25) is 4.90 Å². The molecule has 2 heterocycles. The summed E-state index contributed by atoms with van der Waals surface area (Å²) in [6, 6.07) is 17.9. The third-order valence-corrected chi connectivity index (χ3v) is 5.91. The Morgan fingerprint density at radius 2 is 1.68 bits per heavy atom. The Hall–Kier alpha value is -2.52. The molecule has 146 valence electrons. The van der Waals surface area contributed by atoms with Gasteiger partial charge in [-0.2, -0.15) is 0 Å². The van der Waals surface area contributed by atoms with E-state index in [4.69, 9.17) is 4.74 Å². The maximum Gasteiger partial charge on any atom is 0.118 e. The highest BCUT2D eigenvalue weighted by Gasteiger charge is 2.29. The van der Waals surface area contributed by atoms with Crippen molar-refractivity contribution < 1.29 is 4.74 Å². The Morgan fingerprint density at radius 3 is 2.36 bits per heavy atom. The van der Waals surface area contributed by atoms with Gasteiger partial charge in [0.15, 0.2) is 0 Å². The number of rotatable bonds is 4. The standard InChI is InChI=1S/C25H30N2O/c1-18-15-19(2)24(20(3)16-18)25-23-7-5-12-26(23)13-6-14-27(25)17-21-8-10-22(28-4)11-9-21/h5,7-12,15-16,25H,6,13-14,17H2,1-4H3. The number of aryl methyl sites for hydroxylation is 4. The van der Waals surface area contributed by atoms with Crippen LogP contribution in [-0.4, -0.2) is 23.1 Å². The molecule has 1 aromatic heterocycles. The summed E-state index contributed by atoms with van der Waals surface area (Å²) in [6.45, 7) is 9.83. The fraction of sp³-hybridized carbons (Fsp3) is 0.360. The van der Waals surface area contributed by atoms with Gasteiger partial charge in [0.1, 0.15) is 5.75 Å². The minimum atomic E-state index is 0.278. The van der Waals surface area contributed by atoms with E-state index >= 15 is 0 Å². The molecule has 0 N–H and O–H groups in total. The lowest BCUT2D eigenvalue weighted by Crippen LogP contribution is -2.30. The van der Waals surface area contributed by atoms with Crippen molar-refractivity contribution in [1.29, 1.82) is 0 Å². The minimum absolute atomic E-state index is 0.278. The van der Waals surface area contributed by atoms with Crippen LogP contribution >= 0.6 is 0 Å². The van der Waals surface area contributed by atoms with Crippen LogP contribution in [0.4, 0.5) is 0 Å². The van der Waals surface area contributed by atoms with Gasteiger partial charge in [-0.25, -0.2) is 0 Å². The molecule has 0 bridgehead atoms. The van der Waals surface area contributed by atoms with Gasteiger partial charge in [0.25, 0.3) is 0 Å². The van der Waals surface area contributed by atoms with Crippen LogP contribution in [0.5, 0.6) is 5.75 Å². The van der Waals surface area contributed by atoms with Crippen LogP contribution in [-0.2, 0) is 13.1 Å². The van der Waals surface area contributed by atoms with Crippen molar-refractivity contribution in [2.24, 2.45) is 0 Å². The Labute approximate surface area is 168 Å². The monoisotopic (exact) mass is 374 g/mol. The van der Waals surface area contributed by atoms with Gasteiger partial charge in [0.05, 0.1) is 13.2 Å². The third kappa shape index (κ3) is 3.59. The zero-order valence-corrected chi connectivity index (χ0v) is 17.4. The molecular formula is C25H30N2O. The lowest BCUT2D eigenvalue weighted by Gasteiger charge is -2.33. The summed E-state index contributed by atoms with van der Waals surface area (Å²) < 4.78 is 7.77. The van der Waals surface area contributed by atoms with E-state index in [2.05, 4.69) is 85.0 Å². The van der Waals surface area contributed by atoms with E-state index in [1.54, 1.807) is 7.11 Å². The van der Waals surface area contributed by atoms with Gasteiger partial charge in [-0.05, 0) is 73.7 Å². The summed E-state index contributed by atoms with van der Waals surface area (Å²) in [5.74, 6) is 0.912. The molecule has 1 aliphatic heterocycles. The highest BCUT2D eigenvalue weighted by molar-refractivity contribution is 5.43. The Balaban J connectivity index is 1.77. The Bertz CT molecular complexity index is 932. The van der Waals surface area contributed by atoms with Crippen molar-refractivity contribution in [2.45, 2.75) is 46.3 Å². The van der Waals surface area contributed by atoms with Crippen molar-refractivity contribution >= 4 is 0 Å². The minimum Gasteiger partial charge on any atom is -0.497 e. The number of hydrogen-bond donors (Lipinski definition) is 0. The maximum atomic E-state index is 5.33. The van der Waals surface area contributed by atoms with Gasteiger partial charge in [-0.1, -0.05) is 29.8 Å². The van der Waals surface area contributed by atoms with Crippen molar-refractivity contribution in [3.8, 4) is 5.75 Å². The lowest BCUT2D eigenvalue weighted by atomic mass is 9.91. The lowest BCUT2D eigenvalue weighted by molar-refractivity contribution is 0.219. The van der Waals surface area contributed by atoms with Crippen LogP contribution in [0.1, 0.15) is 46.0 Å². The summed E-state index contributed by atoms with van der Waals surface area (Å²) in [5, 5.41) is 0. The SMILES string of the molecule is COc1ccc(CN2CCCn3cccc3C2c2c(C)cc(C)cc2C)cc1. The molecule has 28 heavy (non-hydrogen) atoms. The second-order valence-corrected chi connectivity index (χ2v) is 8.01. The molecule has 0 amide bonds. The molecule has 3 aromatic rings. The maximum absolute atomic E-state index is 5.33. The van der Waals surface area contributed by atoms with Crippen LogP contribution < -0.4 is 4.74 Å². The summed E-state index contributed by atoms with van der Waals surface area (Å²) in [6.07, 6.45) is 3.40. The largest absolute Gasteiger partial charge is 0.497 e. The van der Waals surface area contributed by atoms with Crippen LogP contribution in [0.3, 0.4) is 0 Å². The van der Waals surface area contributed by atoms with Gasteiger partial charge in [0.2, 0.25) is 0 Å². The first-order chi connectivity index (χ1) is 13.6.